The van der Waals surface area contributed by atoms with Gasteiger partial charge in [-0.15, -0.1) is 0 Å². The van der Waals surface area contributed by atoms with Crippen molar-refractivity contribution in [2.75, 3.05) is 6.61 Å². The van der Waals surface area contributed by atoms with Crippen LogP contribution in [0.1, 0.15) is 30.6 Å². The molecule has 1 aliphatic rings. The molecule has 2 unspecified atom stereocenters. The van der Waals surface area contributed by atoms with Crippen LogP contribution in [0.4, 0.5) is 0 Å². The van der Waals surface area contributed by atoms with Gasteiger partial charge in [-0.3, -0.25) is 9.78 Å². The number of aromatic hydroxyl groups is 1. The fourth-order valence-corrected chi connectivity index (χ4v) is 1.90. The van der Waals surface area contributed by atoms with E-state index in [9.17, 15) is 9.90 Å². The maximum Gasteiger partial charge on any atom is 0.255 e. The van der Waals surface area contributed by atoms with Crippen LogP contribution in [0, 0.1) is 0 Å². The molecule has 5 nitrogen and oxygen atoms in total. The van der Waals surface area contributed by atoms with Crippen LogP contribution in [0.3, 0.4) is 0 Å². The predicted molar refractivity (Wildman–Crippen MR) is 61.8 cm³/mol. The lowest BCUT2D eigenvalue weighted by molar-refractivity contribution is 0.0725. The summed E-state index contributed by atoms with van der Waals surface area (Å²) < 4.78 is 5.45. The Bertz CT molecular complexity index is 436. The molecule has 2 atom stereocenters. The Morgan fingerprint density at radius 2 is 2.47 bits per heavy atom. The van der Waals surface area contributed by atoms with Crippen molar-refractivity contribution in [2.45, 2.75) is 31.9 Å². The van der Waals surface area contributed by atoms with Gasteiger partial charge in [-0.1, -0.05) is 0 Å². The number of carbonyl (C=O) groups is 1. The minimum Gasteiger partial charge on any atom is -0.505 e. The molecule has 0 spiro atoms. The standard InChI is InChI=1S/C12H16N2O3/c1-8-12(2,4-6-17-8)14-11(16)9-3-5-13-7-10(9)15/h3,5,7-8,15H,4,6H2,1-2H3,(H,14,16). The van der Waals surface area contributed by atoms with Crippen molar-refractivity contribution in [3.63, 3.8) is 0 Å². The highest BCUT2D eigenvalue weighted by molar-refractivity contribution is 5.97. The lowest BCUT2D eigenvalue weighted by Gasteiger charge is -2.28. The van der Waals surface area contributed by atoms with Gasteiger partial charge in [0.2, 0.25) is 0 Å². The highest BCUT2D eigenvalue weighted by atomic mass is 16.5. The van der Waals surface area contributed by atoms with E-state index in [4.69, 9.17) is 4.74 Å². The fourth-order valence-electron chi connectivity index (χ4n) is 1.90. The SMILES string of the molecule is CC1OCCC1(C)NC(=O)c1ccncc1O. The molecule has 17 heavy (non-hydrogen) atoms. The van der Waals surface area contributed by atoms with Crippen molar-refractivity contribution in [1.82, 2.24) is 10.3 Å². The van der Waals surface area contributed by atoms with E-state index < -0.39 is 0 Å². The third kappa shape index (κ3) is 2.24. The van der Waals surface area contributed by atoms with Gasteiger partial charge >= 0.3 is 0 Å². The van der Waals surface area contributed by atoms with Crippen molar-refractivity contribution in [3.05, 3.63) is 24.0 Å². The predicted octanol–water partition coefficient (Wildman–Crippen LogP) is 1.08. The molecule has 1 amide bonds. The van der Waals surface area contributed by atoms with Gasteiger partial charge in [-0.25, -0.2) is 0 Å². The average molecular weight is 236 g/mol. The van der Waals surface area contributed by atoms with E-state index in [0.717, 1.165) is 6.42 Å². The first-order valence-corrected chi connectivity index (χ1v) is 5.60. The number of aromatic nitrogens is 1. The molecule has 2 heterocycles. The summed E-state index contributed by atoms with van der Waals surface area (Å²) in [7, 11) is 0. The maximum atomic E-state index is 12.0. The molecule has 1 fully saturated rings. The van der Waals surface area contributed by atoms with Crippen LogP contribution in [0.25, 0.3) is 0 Å². The Kier molecular flexibility index (Phi) is 3.02. The van der Waals surface area contributed by atoms with Gasteiger partial charge in [0.15, 0.2) is 0 Å². The Balaban J connectivity index is 2.15. The summed E-state index contributed by atoms with van der Waals surface area (Å²) in [5, 5.41) is 12.5. The van der Waals surface area contributed by atoms with E-state index in [1.807, 2.05) is 13.8 Å². The molecule has 92 valence electrons. The second-order valence-corrected chi connectivity index (χ2v) is 4.53. The van der Waals surface area contributed by atoms with Crippen molar-refractivity contribution in [2.24, 2.45) is 0 Å². The highest BCUT2D eigenvalue weighted by Gasteiger charge is 2.38. The van der Waals surface area contributed by atoms with Gasteiger partial charge in [0.1, 0.15) is 5.75 Å². The van der Waals surface area contributed by atoms with Crippen LogP contribution in [0.15, 0.2) is 18.5 Å². The molecule has 5 heteroatoms. The summed E-state index contributed by atoms with van der Waals surface area (Å²) in [4.78, 5) is 15.8. The smallest absolute Gasteiger partial charge is 0.255 e. The zero-order valence-corrected chi connectivity index (χ0v) is 9.93. The molecular weight excluding hydrogens is 220 g/mol. The van der Waals surface area contributed by atoms with E-state index in [2.05, 4.69) is 10.3 Å². The van der Waals surface area contributed by atoms with Crippen LogP contribution in [-0.4, -0.2) is 34.2 Å². The number of amides is 1. The zero-order chi connectivity index (χ0) is 12.5. The molecule has 0 aliphatic carbocycles. The number of hydrogen-bond donors (Lipinski definition) is 2. The van der Waals surface area contributed by atoms with Crippen molar-refractivity contribution < 1.29 is 14.6 Å². The Labute approximate surface area is 99.8 Å². The summed E-state index contributed by atoms with van der Waals surface area (Å²) in [6.07, 6.45) is 3.47. The van der Waals surface area contributed by atoms with Crippen molar-refractivity contribution in [1.29, 1.82) is 0 Å². The summed E-state index contributed by atoms with van der Waals surface area (Å²) >= 11 is 0. The van der Waals surface area contributed by atoms with Gasteiger partial charge in [-0.2, -0.15) is 0 Å². The van der Waals surface area contributed by atoms with Crippen LogP contribution in [0.5, 0.6) is 5.75 Å². The molecule has 1 saturated heterocycles. The fraction of sp³-hybridized carbons (Fsp3) is 0.500. The van der Waals surface area contributed by atoms with Crippen LogP contribution >= 0.6 is 0 Å². The second-order valence-electron chi connectivity index (χ2n) is 4.53. The van der Waals surface area contributed by atoms with Gasteiger partial charge < -0.3 is 15.2 Å². The zero-order valence-electron chi connectivity index (χ0n) is 9.93. The Morgan fingerprint density at radius 1 is 1.71 bits per heavy atom. The highest BCUT2D eigenvalue weighted by Crippen LogP contribution is 2.26. The van der Waals surface area contributed by atoms with E-state index in [1.165, 1.54) is 18.5 Å². The lowest BCUT2D eigenvalue weighted by Crippen LogP contribution is -2.50. The topological polar surface area (TPSA) is 71.5 Å². The van der Waals surface area contributed by atoms with Gasteiger partial charge in [0, 0.05) is 12.8 Å². The van der Waals surface area contributed by atoms with Crippen LogP contribution in [-0.2, 0) is 4.74 Å². The largest absolute Gasteiger partial charge is 0.505 e. The van der Waals surface area contributed by atoms with Gasteiger partial charge in [0.25, 0.3) is 5.91 Å². The third-order valence-electron chi connectivity index (χ3n) is 3.33. The van der Waals surface area contributed by atoms with Gasteiger partial charge in [0.05, 0.1) is 23.4 Å². The Hall–Kier alpha value is -1.62. The normalized spacial score (nSPS) is 28.0. The summed E-state index contributed by atoms with van der Waals surface area (Å²) in [5.74, 6) is -0.412. The number of nitrogens with zero attached hydrogens (tertiary/aromatic N) is 1. The Morgan fingerprint density at radius 3 is 3.06 bits per heavy atom. The minimum absolute atomic E-state index is 0.0320. The van der Waals surface area contributed by atoms with E-state index >= 15 is 0 Å². The van der Waals surface area contributed by atoms with Crippen LogP contribution in [0.2, 0.25) is 0 Å². The number of ether oxygens (including phenoxy) is 1. The molecule has 1 aromatic heterocycles. The molecule has 0 radical (unpaired) electrons. The summed E-state index contributed by atoms with van der Waals surface area (Å²) in [6.45, 7) is 4.51. The maximum absolute atomic E-state index is 12.0. The van der Waals surface area contributed by atoms with E-state index in [0.29, 0.717) is 6.61 Å². The average Bonchev–Trinajstić information content (AvgIpc) is 2.59. The molecule has 2 rings (SSSR count). The lowest BCUT2D eigenvalue weighted by atomic mass is 9.94. The second kappa shape index (κ2) is 4.33. The monoisotopic (exact) mass is 236 g/mol. The molecule has 0 aromatic carbocycles. The van der Waals surface area contributed by atoms with Gasteiger partial charge in [-0.05, 0) is 26.3 Å². The van der Waals surface area contributed by atoms with Crippen molar-refractivity contribution in [3.8, 4) is 5.75 Å². The number of nitrogens with one attached hydrogen (secondary N) is 1. The minimum atomic E-state index is -0.382. The molecule has 1 aromatic rings. The summed E-state index contributed by atoms with van der Waals surface area (Å²) in [5.41, 5.74) is -0.146. The quantitative estimate of drug-likeness (QED) is 0.806. The van der Waals surface area contributed by atoms with E-state index in [-0.39, 0.29) is 28.9 Å². The molecule has 0 bridgehead atoms. The molecule has 1 aliphatic heterocycles. The number of rotatable bonds is 2. The molecular formula is C12H16N2O3. The number of hydrogen-bond acceptors (Lipinski definition) is 4. The van der Waals surface area contributed by atoms with E-state index in [1.54, 1.807) is 0 Å². The first-order chi connectivity index (χ1) is 8.03. The molecule has 2 N–H and O–H groups in total. The number of carbonyl (C=O) groups excluding carboxylic acids is 1. The van der Waals surface area contributed by atoms with Crippen molar-refractivity contribution >= 4 is 5.91 Å². The summed E-state index contributed by atoms with van der Waals surface area (Å²) in [6, 6.07) is 1.49. The van der Waals surface area contributed by atoms with Crippen LogP contribution < -0.4 is 5.32 Å². The number of pyridine rings is 1. The first kappa shape index (κ1) is 11.9. The first-order valence-electron chi connectivity index (χ1n) is 5.60. The molecule has 0 saturated carbocycles. The third-order valence-corrected chi connectivity index (χ3v) is 3.33.